The Morgan fingerprint density at radius 1 is 1.30 bits per heavy atom. The van der Waals surface area contributed by atoms with E-state index in [0.29, 0.717) is 12.1 Å². The largest absolute Gasteiger partial charge is 0.392 e. The van der Waals surface area contributed by atoms with Crippen molar-refractivity contribution in [1.29, 1.82) is 0 Å². The number of rotatable bonds is 4. The van der Waals surface area contributed by atoms with E-state index >= 15 is 0 Å². The fraction of sp³-hybridized carbons (Fsp3) is 0.600. The van der Waals surface area contributed by atoms with Crippen LogP contribution in [-0.2, 0) is 23.1 Å². The number of aryl methyl sites for hydroxylation is 1. The fourth-order valence-electron chi connectivity index (χ4n) is 2.91. The summed E-state index contributed by atoms with van der Waals surface area (Å²) < 4.78 is 27.1. The molecule has 1 aromatic rings. The molecule has 0 spiro atoms. The molecule has 0 aliphatic carbocycles. The van der Waals surface area contributed by atoms with Crippen LogP contribution >= 0.6 is 0 Å². The lowest BCUT2D eigenvalue weighted by atomic mass is 10.0. The topological polar surface area (TPSA) is 57.6 Å². The first-order chi connectivity index (χ1) is 9.32. The van der Waals surface area contributed by atoms with E-state index in [4.69, 9.17) is 0 Å². The second-order valence-electron chi connectivity index (χ2n) is 5.94. The van der Waals surface area contributed by atoms with Crippen molar-refractivity contribution in [2.24, 2.45) is 0 Å². The van der Waals surface area contributed by atoms with Gasteiger partial charge in [-0.05, 0) is 56.4 Å². The van der Waals surface area contributed by atoms with Gasteiger partial charge in [0, 0.05) is 12.1 Å². The molecule has 0 unspecified atom stereocenters. The van der Waals surface area contributed by atoms with Crippen molar-refractivity contribution in [3.8, 4) is 0 Å². The highest BCUT2D eigenvalue weighted by Gasteiger charge is 2.40. The molecular weight excluding hydrogens is 274 g/mol. The van der Waals surface area contributed by atoms with Gasteiger partial charge in [-0.3, -0.25) is 0 Å². The number of sulfonamides is 1. The van der Waals surface area contributed by atoms with Crippen LogP contribution in [0.15, 0.2) is 23.1 Å². The minimum absolute atomic E-state index is 0.129. The second-order valence-corrected chi connectivity index (χ2v) is 7.80. The zero-order valence-electron chi connectivity index (χ0n) is 12.4. The Bertz CT molecular complexity index is 593. The van der Waals surface area contributed by atoms with Gasteiger partial charge in [-0.25, -0.2) is 8.42 Å². The van der Waals surface area contributed by atoms with Gasteiger partial charge in [0.1, 0.15) is 0 Å². The molecule has 0 saturated carbocycles. The summed E-state index contributed by atoms with van der Waals surface area (Å²) in [5.74, 6) is 0. The molecule has 2 rings (SSSR count). The molecule has 1 heterocycles. The van der Waals surface area contributed by atoms with Gasteiger partial charge in [0.25, 0.3) is 0 Å². The Morgan fingerprint density at radius 3 is 2.50 bits per heavy atom. The number of aliphatic hydroxyl groups is 1. The summed E-state index contributed by atoms with van der Waals surface area (Å²) in [7, 11) is -3.48. The summed E-state index contributed by atoms with van der Waals surface area (Å²) in [6.45, 7) is 6.36. The molecule has 0 amide bonds. The van der Waals surface area contributed by atoms with Crippen LogP contribution < -0.4 is 0 Å². The Kier molecular flexibility index (Phi) is 4.23. The molecule has 0 bridgehead atoms. The lowest BCUT2D eigenvalue weighted by Gasteiger charge is -2.30. The first-order valence-electron chi connectivity index (χ1n) is 7.08. The molecule has 1 aliphatic heterocycles. The summed E-state index contributed by atoms with van der Waals surface area (Å²) in [4.78, 5) is 0.286. The SMILES string of the molecule is CCc1ccc(S(=O)(=O)N2CCCC2(C)C)cc1CO. The van der Waals surface area contributed by atoms with Crippen LogP contribution in [0.1, 0.15) is 44.7 Å². The van der Waals surface area contributed by atoms with Gasteiger partial charge in [-0.1, -0.05) is 13.0 Å². The number of hydrogen-bond donors (Lipinski definition) is 1. The van der Waals surface area contributed by atoms with E-state index in [0.717, 1.165) is 24.8 Å². The molecule has 1 fully saturated rings. The standard InChI is InChI=1S/C15H23NO3S/c1-4-12-6-7-14(10-13(12)11-17)20(18,19)16-9-5-8-15(16,2)3/h6-7,10,17H,4-5,8-9,11H2,1-3H3. The maximum Gasteiger partial charge on any atom is 0.243 e. The van der Waals surface area contributed by atoms with Gasteiger partial charge in [0.05, 0.1) is 11.5 Å². The molecule has 112 valence electrons. The number of hydrogen-bond acceptors (Lipinski definition) is 3. The third-order valence-corrected chi connectivity index (χ3v) is 6.25. The Morgan fingerprint density at radius 2 is 2.00 bits per heavy atom. The summed E-state index contributed by atoms with van der Waals surface area (Å²) in [6, 6.07) is 5.08. The monoisotopic (exact) mass is 297 g/mol. The van der Waals surface area contributed by atoms with Crippen LogP contribution in [0.25, 0.3) is 0 Å². The predicted molar refractivity (Wildman–Crippen MR) is 78.9 cm³/mol. The van der Waals surface area contributed by atoms with Crippen molar-refractivity contribution >= 4 is 10.0 Å². The van der Waals surface area contributed by atoms with Gasteiger partial charge in [0.2, 0.25) is 10.0 Å². The lowest BCUT2D eigenvalue weighted by molar-refractivity contribution is 0.280. The molecule has 1 aliphatic rings. The van der Waals surface area contributed by atoms with Crippen LogP contribution in [0.5, 0.6) is 0 Å². The third kappa shape index (κ3) is 2.62. The fourth-order valence-corrected chi connectivity index (χ4v) is 4.81. The average molecular weight is 297 g/mol. The number of nitrogens with zero attached hydrogens (tertiary/aromatic N) is 1. The van der Waals surface area contributed by atoms with Crippen molar-refractivity contribution < 1.29 is 13.5 Å². The molecule has 1 N–H and O–H groups in total. The molecule has 20 heavy (non-hydrogen) atoms. The zero-order chi connectivity index (χ0) is 15.0. The summed E-state index contributed by atoms with van der Waals surface area (Å²) in [5.41, 5.74) is 1.36. The van der Waals surface area contributed by atoms with Crippen molar-refractivity contribution in [2.75, 3.05) is 6.54 Å². The van der Waals surface area contributed by atoms with Gasteiger partial charge in [-0.2, -0.15) is 4.31 Å². The van der Waals surface area contributed by atoms with Crippen LogP contribution in [0.3, 0.4) is 0 Å². The Balaban J connectivity index is 2.45. The molecule has 0 aromatic heterocycles. The van der Waals surface area contributed by atoms with Crippen molar-refractivity contribution in [2.45, 2.75) is 57.1 Å². The van der Waals surface area contributed by atoms with E-state index in [-0.39, 0.29) is 17.0 Å². The molecule has 5 heteroatoms. The van der Waals surface area contributed by atoms with Crippen LogP contribution in [0, 0.1) is 0 Å². The van der Waals surface area contributed by atoms with E-state index in [1.54, 1.807) is 16.4 Å². The molecule has 0 radical (unpaired) electrons. The van der Waals surface area contributed by atoms with Crippen LogP contribution in [0.2, 0.25) is 0 Å². The molecule has 4 nitrogen and oxygen atoms in total. The maximum absolute atomic E-state index is 12.8. The Hall–Kier alpha value is -0.910. The lowest BCUT2D eigenvalue weighted by Crippen LogP contribution is -2.42. The average Bonchev–Trinajstić information content (AvgIpc) is 2.78. The van der Waals surface area contributed by atoms with Gasteiger partial charge in [-0.15, -0.1) is 0 Å². The minimum Gasteiger partial charge on any atom is -0.392 e. The van der Waals surface area contributed by atoms with Crippen LogP contribution in [-0.4, -0.2) is 29.9 Å². The third-order valence-electron chi connectivity index (χ3n) is 4.14. The normalized spacial score (nSPS) is 19.4. The van der Waals surface area contributed by atoms with E-state index < -0.39 is 10.0 Å². The van der Waals surface area contributed by atoms with Gasteiger partial charge >= 0.3 is 0 Å². The van der Waals surface area contributed by atoms with Gasteiger partial charge in [0.15, 0.2) is 0 Å². The quantitative estimate of drug-likeness (QED) is 0.928. The predicted octanol–water partition coefficient (Wildman–Crippen LogP) is 2.30. The first kappa shape index (κ1) is 15.5. The van der Waals surface area contributed by atoms with Crippen molar-refractivity contribution in [3.05, 3.63) is 29.3 Å². The van der Waals surface area contributed by atoms with E-state index in [1.165, 1.54) is 0 Å². The molecular formula is C15H23NO3S. The highest BCUT2D eigenvalue weighted by molar-refractivity contribution is 7.89. The highest BCUT2D eigenvalue weighted by Crippen LogP contribution is 2.34. The first-order valence-corrected chi connectivity index (χ1v) is 8.52. The number of aliphatic hydroxyl groups excluding tert-OH is 1. The summed E-state index contributed by atoms with van der Waals surface area (Å²) in [5, 5.41) is 9.40. The Labute approximate surface area is 121 Å². The smallest absolute Gasteiger partial charge is 0.243 e. The summed E-state index contributed by atoms with van der Waals surface area (Å²) >= 11 is 0. The molecule has 1 aromatic carbocycles. The highest BCUT2D eigenvalue weighted by atomic mass is 32.2. The number of benzene rings is 1. The molecule has 0 atom stereocenters. The van der Waals surface area contributed by atoms with Gasteiger partial charge < -0.3 is 5.11 Å². The van der Waals surface area contributed by atoms with E-state index in [2.05, 4.69) is 0 Å². The van der Waals surface area contributed by atoms with Crippen molar-refractivity contribution in [1.82, 2.24) is 4.31 Å². The molecule has 1 saturated heterocycles. The van der Waals surface area contributed by atoms with Crippen LogP contribution in [0.4, 0.5) is 0 Å². The zero-order valence-corrected chi connectivity index (χ0v) is 13.2. The minimum atomic E-state index is -3.48. The van der Waals surface area contributed by atoms with E-state index in [1.807, 2.05) is 26.8 Å². The summed E-state index contributed by atoms with van der Waals surface area (Å²) in [6.07, 6.45) is 2.56. The maximum atomic E-state index is 12.8. The van der Waals surface area contributed by atoms with E-state index in [9.17, 15) is 13.5 Å². The van der Waals surface area contributed by atoms with Crippen molar-refractivity contribution in [3.63, 3.8) is 0 Å². The second kappa shape index (κ2) is 5.47.